The molecule has 0 aromatic heterocycles. The number of nitrogens with one attached hydrogen (secondary N) is 2. The van der Waals surface area contributed by atoms with Crippen LogP contribution in [-0.4, -0.2) is 59.1 Å². The lowest BCUT2D eigenvalue weighted by atomic mass is 10.2. The smallest absolute Gasteiger partial charge is 0.244 e. The van der Waals surface area contributed by atoms with E-state index < -0.39 is 16.1 Å². The van der Waals surface area contributed by atoms with Crippen LogP contribution in [0.4, 0.5) is 0 Å². The zero-order valence-electron chi connectivity index (χ0n) is 13.6. The first-order valence-corrected chi connectivity index (χ1v) is 8.99. The van der Waals surface area contributed by atoms with Crippen molar-refractivity contribution >= 4 is 15.9 Å². The Balaban J connectivity index is 2.04. The summed E-state index contributed by atoms with van der Waals surface area (Å²) in [5, 5.41) is 2.70. The molecule has 8 heteroatoms. The minimum atomic E-state index is -3.82. The standard InChI is InChI=1S/C15H23N3O4S/c1-11(15(19)16-8-9-18(2)3)17-23(20,21)13-6-4-5-12-7-10-22-14(12)13/h4-6,11,17H,7-10H2,1-3H3,(H,16,19)/t11-/m0/s1. The minimum Gasteiger partial charge on any atom is -0.492 e. The van der Waals surface area contributed by atoms with E-state index in [9.17, 15) is 13.2 Å². The molecular weight excluding hydrogens is 318 g/mol. The first-order valence-electron chi connectivity index (χ1n) is 7.50. The van der Waals surface area contributed by atoms with E-state index in [1.165, 1.54) is 13.0 Å². The van der Waals surface area contributed by atoms with Crippen molar-refractivity contribution in [2.75, 3.05) is 33.8 Å². The van der Waals surface area contributed by atoms with Gasteiger partial charge in [-0.2, -0.15) is 4.72 Å². The Morgan fingerprint density at radius 1 is 1.39 bits per heavy atom. The Hall–Kier alpha value is -1.64. The van der Waals surface area contributed by atoms with Gasteiger partial charge in [0.2, 0.25) is 15.9 Å². The van der Waals surface area contributed by atoms with Crippen LogP contribution in [0.3, 0.4) is 0 Å². The molecule has 1 aromatic carbocycles. The molecule has 0 aliphatic carbocycles. The molecule has 2 rings (SSSR count). The van der Waals surface area contributed by atoms with Gasteiger partial charge in [-0.1, -0.05) is 12.1 Å². The first kappa shape index (κ1) is 17.7. The van der Waals surface area contributed by atoms with E-state index in [0.29, 0.717) is 31.9 Å². The van der Waals surface area contributed by atoms with Crippen LogP contribution >= 0.6 is 0 Å². The topological polar surface area (TPSA) is 87.7 Å². The molecule has 128 valence electrons. The number of carbonyl (C=O) groups is 1. The maximum absolute atomic E-state index is 12.5. The van der Waals surface area contributed by atoms with E-state index in [1.807, 2.05) is 25.1 Å². The molecule has 0 radical (unpaired) electrons. The SMILES string of the molecule is C[C@H](NS(=O)(=O)c1cccc2c1OCC2)C(=O)NCCN(C)C. The average Bonchev–Trinajstić information content (AvgIpc) is 2.94. The average molecular weight is 341 g/mol. The van der Waals surface area contributed by atoms with Gasteiger partial charge in [0.1, 0.15) is 10.6 Å². The number of para-hydroxylation sites is 1. The molecule has 1 amide bonds. The molecular formula is C15H23N3O4S. The fraction of sp³-hybridized carbons (Fsp3) is 0.533. The Morgan fingerprint density at radius 3 is 2.83 bits per heavy atom. The molecule has 1 aliphatic heterocycles. The molecule has 0 saturated carbocycles. The van der Waals surface area contributed by atoms with Crippen molar-refractivity contribution in [1.29, 1.82) is 0 Å². The second kappa shape index (κ2) is 7.29. The highest BCUT2D eigenvalue weighted by Gasteiger charge is 2.28. The number of likely N-dealkylation sites (N-methyl/N-ethyl adjacent to an activating group) is 1. The number of hydrogen-bond acceptors (Lipinski definition) is 5. The number of nitrogens with zero attached hydrogens (tertiary/aromatic N) is 1. The summed E-state index contributed by atoms with van der Waals surface area (Å²) < 4.78 is 32.8. The van der Waals surface area contributed by atoms with Crippen molar-refractivity contribution in [2.24, 2.45) is 0 Å². The van der Waals surface area contributed by atoms with Crippen molar-refractivity contribution in [1.82, 2.24) is 14.9 Å². The second-order valence-electron chi connectivity index (χ2n) is 5.78. The lowest BCUT2D eigenvalue weighted by Gasteiger charge is -2.16. The number of hydrogen-bond donors (Lipinski definition) is 2. The number of carbonyl (C=O) groups excluding carboxylic acids is 1. The van der Waals surface area contributed by atoms with Gasteiger partial charge in [-0.25, -0.2) is 8.42 Å². The van der Waals surface area contributed by atoms with Crippen LogP contribution < -0.4 is 14.8 Å². The zero-order valence-corrected chi connectivity index (χ0v) is 14.4. The highest BCUT2D eigenvalue weighted by atomic mass is 32.2. The summed E-state index contributed by atoms with van der Waals surface area (Å²) in [5.41, 5.74) is 0.871. The first-order chi connectivity index (χ1) is 10.8. The normalized spacial score (nSPS) is 15.1. The van der Waals surface area contributed by atoms with Gasteiger partial charge < -0.3 is 15.0 Å². The fourth-order valence-corrected chi connectivity index (χ4v) is 3.69. The van der Waals surface area contributed by atoms with Crippen LogP contribution in [0, 0.1) is 0 Å². The molecule has 1 heterocycles. The summed E-state index contributed by atoms with van der Waals surface area (Å²) in [6.07, 6.45) is 0.694. The van der Waals surface area contributed by atoms with Gasteiger partial charge in [0.15, 0.2) is 0 Å². The molecule has 1 atom stereocenters. The Kier molecular flexibility index (Phi) is 5.61. The van der Waals surface area contributed by atoms with Crippen molar-refractivity contribution in [3.63, 3.8) is 0 Å². The van der Waals surface area contributed by atoms with Gasteiger partial charge in [-0.05, 0) is 32.6 Å². The number of benzene rings is 1. The van der Waals surface area contributed by atoms with Gasteiger partial charge >= 0.3 is 0 Å². The van der Waals surface area contributed by atoms with Crippen LogP contribution in [-0.2, 0) is 21.2 Å². The van der Waals surface area contributed by atoms with Crippen LogP contribution in [0.15, 0.2) is 23.1 Å². The Morgan fingerprint density at radius 2 is 2.13 bits per heavy atom. The lowest BCUT2D eigenvalue weighted by Crippen LogP contribution is -2.46. The van der Waals surface area contributed by atoms with E-state index in [1.54, 1.807) is 6.07 Å². The predicted molar refractivity (Wildman–Crippen MR) is 87.0 cm³/mol. The van der Waals surface area contributed by atoms with Crippen LogP contribution in [0.1, 0.15) is 12.5 Å². The van der Waals surface area contributed by atoms with Gasteiger partial charge in [-0.15, -0.1) is 0 Å². The maximum atomic E-state index is 12.5. The van der Waals surface area contributed by atoms with Gasteiger partial charge in [0.25, 0.3) is 0 Å². The van der Waals surface area contributed by atoms with E-state index in [0.717, 1.165) is 5.56 Å². The lowest BCUT2D eigenvalue weighted by molar-refractivity contribution is -0.122. The predicted octanol–water partition coefficient (Wildman–Crippen LogP) is -0.0339. The third-order valence-corrected chi connectivity index (χ3v) is 5.12. The van der Waals surface area contributed by atoms with Gasteiger partial charge in [0.05, 0.1) is 12.6 Å². The number of ether oxygens (including phenoxy) is 1. The third-order valence-electron chi connectivity index (χ3n) is 3.55. The van der Waals surface area contributed by atoms with Crippen LogP contribution in [0.5, 0.6) is 5.75 Å². The molecule has 0 fully saturated rings. The molecule has 0 unspecified atom stereocenters. The zero-order chi connectivity index (χ0) is 17.0. The van der Waals surface area contributed by atoms with Crippen LogP contribution in [0.25, 0.3) is 0 Å². The summed E-state index contributed by atoms with van der Waals surface area (Å²) in [4.78, 5) is 14.0. The highest BCUT2D eigenvalue weighted by molar-refractivity contribution is 7.89. The second-order valence-corrected chi connectivity index (χ2v) is 7.46. The summed E-state index contributed by atoms with van der Waals surface area (Å²) in [6.45, 7) is 3.14. The van der Waals surface area contributed by atoms with E-state index >= 15 is 0 Å². The Bertz CT molecular complexity index is 673. The number of amides is 1. The quantitative estimate of drug-likeness (QED) is 0.727. The van der Waals surface area contributed by atoms with Gasteiger partial charge in [-0.3, -0.25) is 4.79 Å². The molecule has 7 nitrogen and oxygen atoms in total. The van der Waals surface area contributed by atoms with E-state index in [-0.39, 0.29) is 10.8 Å². The third kappa shape index (κ3) is 4.43. The van der Waals surface area contributed by atoms with E-state index in [2.05, 4.69) is 10.0 Å². The number of rotatable bonds is 7. The molecule has 23 heavy (non-hydrogen) atoms. The Labute approximate surface area is 137 Å². The summed E-state index contributed by atoms with van der Waals surface area (Å²) in [7, 11) is -0.0232. The van der Waals surface area contributed by atoms with Crippen molar-refractivity contribution in [3.05, 3.63) is 23.8 Å². The van der Waals surface area contributed by atoms with Crippen molar-refractivity contribution in [3.8, 4) is 5.75 Å². The minimum absolute atomic E-state index is 0.0837. The van der Waals surface area contributed by atoms with Crippen molar-refractivity contribution < 1.29 is 17.9 Å². The number of fused-ring (bicyclic) bond motifs is 1. The van der Waals surface area contributed by atoms with Crippen LogP contribution in [0.2, 0.25) is 0 Å². The molecule has 2 N–H and O–H groups in total. The summed E-state index contributed by atoms with van der Waals surface area (Å²) in [6, 6.07) is 4.16. The molecule has 1 aliphatic rings. The fourth-order valence-electron chi connectivity index (χ4n) is 2.30. The molecule has 1 aromatic rings. The molecule has 0 saturated heterocycles. The van der Waals surface area contributed by atoms with Crippen molar-refractivity contribution in [2.45, 2.75) is 24.3 Å². The summed E-state index contributed by atoms with van der Waals surface area (Å²) in [5.74, 6) is 0.0316. The summed E-state index contributed by atoms with van der Waals surface area (Å²) >= 11 is 0. The monoisotopic (exact) mass is 341 g/mol. The van der Waals surface area contributed by atoms with E-state index in [4.69, 9.17) is 4.74 Å². The highest BCUT2D eigenvalue weighted by Crippen LogP contribution is 2.32. The number of sulfonamides is 1. The largest absolute Gasteiger partial charge is 0.492 e. The maximum Gasteiger partial charge on any atom is 0.244 e. The molecule has 0 bridgehead atoms. The molecule has 0 spiro atoms. The van der Waals surface area contributed by atoms with Gasteiger partial charge in [0, 0.05) is 19.5 Å².